The molecule has 6 heteroatoms. The Bertz CT molecular complexity index is 827. The molecule has 1 heterocycles. The molecule has 0 aromatic heterocycles. The third kappa shape index (κ3) is 3.03. The highest BCUT2D eigenvalue weighted by atomic mass is 35.5. The first-order chi connectivity index (χ1) is 11.5. The van der Waals surface area contributed by atoms with Crippen molar-refractivity contribution in [1.29, 1.82) is 0 Å². The van der Waals surface area contributed by atoms with Gasteiger partial charge in [0.15, 0.2) is 5.78 Å². The highest BCUT2D eigenvalue weighted by molar-refractivity contribution is 6.36. The number of hydrogen-bond acceptors (Lipinski definition) is 2. The molecule has 2 aromatic carbocycles. The van der Waals surface area contributed by atoms with Crippen LogP contribution in [-0.2, 0) is 0 Å². The maximum atomic E-state index is 13.0. The van der Waals surface area contributed by atoms with Crippen molar-refractivity contribution in [2.24, 2.45) is 0 Å². The van der Waals surface area contributed by atoms with Gasteiger partial charge in [-0.1, -0.05) is 59.6 Å². The van der Waals surface area contributed by atoms with Gasteiger partial charge in [0.25, 0.3) is 0 Å². The van der Waals surface area contributed by atoms with E-state index in [4.69, 9.17) is 23.2 Å². The Balaban J connectivity index is 2.15. The normalized spacial score (nSPS) is 17.3. The molecule has 2 aromatic rings. The Kier molecular flexibility index (Phi) is 4.60. The molecule has 2 N–H and O–H groups in total. The first-order valence-electron chi connectivity index (χ1n) is 7.31. The Morgan fingerprint density at radius 1 is 1.00 bits per heavy atom. The third-order valence-corrected chi connectivity index (χ3v) is 4.50. The number of nitrogens with one attached hydrogen (secondary N) is 2. The first kappa shape index (κ1) is 16.6. The standard InChI is InChI=1S/C18H14Cl2N2O2/c1-10-14(17(23)11-6-3-2-4-7-11)16(22-18(24)21-10)15-12(19)8-5-9-13(15)20/h2-9,16H,1H3,(H2,21,22,24). The number of rotatable bonds is 3. The van der Waals surface area contributed by atoms with E-state index in [1.807, 2.05) is 6.07 Å². The second-order valence-electron chi connectivity index (χ2n) is 5.40. The van der Waals surface area contributed by atoms with Crippen LogP contribution in [0, 0.1) is 0 Å². The minimum absolute atomic E-state index is 0.193. The SMILES string of the molecule is CC1=C(C(=O)c2ccccc2)C(c2c(Cl)cccc2Cl)NC(=O)N1. The maximum Gasteiger partial charge on any atom is 0.319 e. The predicted molar refractivity (Wildman–Crippen MR) is 94.3 cm³/mol. The summed E-state index contributed by atoms with van der Waals surface area (Å²) >= 11 is 12.6. The summed E-state index contributed by atoms with van der Waals surface area (Å²) in [6.45, 7) is 1.69. The molecule has 1 aliphatic rings. The van der Waals surface area contributed by atoms with E-state index in [-0.39, 0.29) is 5.78 Å². The molecule has 1 unspecified atom stereocenters. The first-order valence-corrected chi connectivity index (χ1v) is 8.06. The van der Waals surface area contributed by atoms with Gasteiger partial charge in [0, 0.05) is 32.4 Å². The molecule has 4 nitrogen and oxygen atoms in total. The molecule has 0 aliphatic carbocycles. The van der Waals surface area contributed by atoms with Crippen LogP contribution >= 0.6 is 23.2 Å². The summed E-state index contributed by atoms with van der Waals surface area (Å²) in [5.74, 6) is -0.193. The smallest absolute Gasteiger partial charge is 0.319 e. The fraction of sp³-hybridized carbons (Fsp3) is 0.111. The van der Waals surface area contributed by atoms with Gasteiger partial charge in [-0.3, -0.25) is 4.79 Å². The molecular formula is C18H14Cl2N2O2. The lowest BCUT2D eigenvalue weighted by Gasteiger charge is -2.29. The fourth-order valence-corrected chi connectivity index (χ4v) is 3.36. The van der Waals surface area contributed by atoms with E-state index in [1.165, 1.54) is 0 Å². The van der Waals surface area contributed by atoms with Gasteiger partial charge in [-0.2, -0.15) is 0 Å². The molecule has 1 atom stereocenters. The van der Waals surface area contributed by atoms with Gasteiger partial charge in [0.2, 0.25) is 0 Å². The summed E-state index contributed by atoms with van der Waals surface area (Å²) in [7, 11) is 0. The lowest BCUT2D eigenvalue weighted by molar-refractivity contribution is 0.102. The molecule has 0 bridgehead atoms. The van der Waals surface area contributed by atoms with E-state index >= 15 is 0 Å². The number of hydrogen-bond donors (Lipinski definition) is 2. The monoisotopic (exact) mass is 360 g/mol. The maximum absolute atomic E-state index is 13.0. The molecule has 0 radical (unpaired) electrons. The average molecular weight is 361 g/mol. The van der Waals surface area contributed by atoms with Gasteiger partial charge in [0.1, 0.15) is 0 Å². The lowest BCUT2D eigenvalue weighted by atomic mass is 9.89. The molecule has 0 saturated carbocycles. The lowest BCUT2D eigenvalue weighted by Crippen LogP contribution is -2.45. The molecule has 122 valence electrons. The van der Waals surface area contributed by atoms with Gasteiger partial charge in [-0.05, 0) is 19.1 Å². The number of halogens is 2. The topological polar surface area (TPSA) is 58.2 Å². The van der Waals surface area contributed by atoms with Gasteiger partial charge in [-0.15, -0.1) is 0 Å². The summed E-state index contributed by atoms with van der Waals surface area (Å²) < 4.78 is 0. The van der Waals surface area contributed by atoms with Gasteiger partial charge in [0.05, 0.1) is 6.04 Å². The zero-order chi connectivity index (χ0) is 17.3. The molecule has 24 heavy (non-hydrogen) atoms. The van der Waals surface area contributed by atoms with Crippen LogP contribution in [0.3, 0.4) is 0 Å². The number of allylic oxidation sites excluding steroid dienone is 1. The summed E-state index contributed by atoms with van der Waals surface area (Å²) in [6, 6.07) is 12.8. The average Bonchev–Trinajstić information content (AvgIpc) is 2.54. The Hall–Kier alpha value is -2.30. The van der Waals surface area contributed by atoms with Gasteiger partial charge < -0.3 is 10.6 Å². The number of ketones is 1. The van der Waals surface area contributed by atoms with Crippen molar-refractivity contribution >= 4 is 35.0 Å². The van der Waals surface area contributed by atoms with Crippen LogP contribution in [0.25, 0.3) is 0 Å². The number of carbonyl (C=O) groups excluding carboxylic acids is 2. The van der Waals surface area contributed by atoms with Crippen molar-refractivity contribution in [3.63, 3.8) is 0 Å². The predicted octanol–water partition coefficient (Wildman–Crippen LogP) is 4.50. The number of benzene rings is 2. The second kappa shape index (κ2) is 6.67. The van der Waals surface area contributed by atoms with Crippen LogP contribution in [0.5, 0.6) is 0 Å². The molecule has 0 saturated heterocycles. The molecule has 1 aliphatic heterocycles. The third-order valence-electron chi connectivity index (χ3n) is 3.84. The highest BCUT2D eigenvalue weighted by Crippen LogP contribution is 2.37. The highest BCUT2D eigenvalue weighted by Gasteiger charge is 2.33. The van der Waals surface area contributed by atoms with E-state index < -0.39 is 12.1 Å². The summed E-state index contributed by atoms with van der Waals surface area (Å²) in [5.41, 5.74) is 1.93. The minimum Gasteiger partial charge on any atom is -0.327 e. The quantitative estimate of drug-likeness (QED) is 0.791. The molecule has 0 spiro atoms. The van der Waals surface area contributed by atoms with Crippen LogP contribution in [0.4, 0.5) is 4.79 Å². The van der Waals surface area contributed by atoms with Crippen molar-refractivity contribution in [3.8, 4) is 0 Å². The molecular weight excluding hydrogens is 347 g/mol. The minimum atomic E-state index is -0.715. The van der Waals surface area contributed by atoms with E-state index in [0.717, 1.165) is 0 Å². The van der Waals surface area contributed by atoms with Crippen molar-refractivity contribution in [2.75, 3.05) is 0 Å². The van der Waals surface area contributed by atoms with E-state index in [9.17, 15) is 9.59 Å². The van der Waals surface area contributed by atoms with Crippen LogP contribution in [-0.4, -0.2) is 11.8 Å². The van der Waals surface area contributed by atoms with E-state index in [1.54, 1.807) is 49.4 Å². The van der Waals surface area contributed by atoms with Crippen LogP contribution in [0.15, 0.2) is 59.8 Å². The summed E-state index contributed by atoms with van der Waals surface area (Å²) in [6.07, 6.45) is 0. The van der Waals surface area contributed by atoms with Crippen molar-refractivity contribution in [2.45, 2.75) is 13.0 Å². The molecule has 2 amide bonds. The Morgan fingerprint density at radius 2 is 1.62 bits per heavy atom. The Labute approximate surface area is 149 Å². The Morgan fingerprint density at radius 3 is 2.25 bits per heavy atom. The summed E-state index contributed by atoms with van der Waals surface area (Å²) in [4.78, 5) is 24.9. The second-order valence-corrected chi connectivity index (χ2v) is 6.22. The zero-order valence-electron chi connectivity index (χ0n) is 12.8. The van der Waals surface area contributed by atoms with Crippen LogP contribution < -0.4 is 10.6 Å². The molecule has 0 fully saturated rings. The van der Waals surface area contributed by atoms with Crippen molar-refractivity contribution in [3.05, 3.63) is 81.0 Å². The zero-order valence-corrected chi connectivity index (χ0v) is 14.3. The number of urea groups is 1. The summed E-state index contributed by atoms with van der Waals surface area (Å²) in [5, 5.41) is 6.17. The van der Waals surface area contributed by atoms with E-state index in [0.29, 0.717) is 32.4 Å². The number of Topliss-reactive ketones (excluding diaryl/α,β-unsaturated/α-hetero) is 1. The largest absolute Gasteiger partial charge is 0.327 e. The fourth-order valence-electron chi connectivity index (χ4n) is 2.74. The molecule has 3 rings (SSSR count). The van der Waals surface area contributed by atoms with Gasteiger partial charge in [-0.25, -0.2) is 4.79 Å². The van der Waals surface area contributed by atoms with E-state index in [2.05, 4.69) is 10.6 Å². The number of carbonyl (C=O) groups is 2. The van der Waals surface area contributed by atoms with Crippen LogP contribution in [0.2, 0.25) is 10.0 Å². The van der Waals surface area contributed by atoms with Crippen molar-refractivity contribution < 1.29 is 9.59 Å². The van der Waals surface area contributed by atoms with Gasteiger partial charge >= 0.3 is 6.03 Å². The van der Waals surface area contributed by atoms with Crippen molar-refractivity contribution in [1.82, 2.24) is 10.6 Å². The van der Waals surface area contributed by atoms with Crippen LogP contribution in [0.1, 0.15) is 28.9 Å². The number of amides is 2.